The van der Waals surface area contributed by atoms with Crippen LogP contribution in [0, 0.1) is 0 Å². The number of pyridine rings is 2. The molecule has 0 aliphatic rings. The maximum atomic E-state index is 6.76. The molecule has 0 unspecified atom stereocenters. The van der Waals surface area contributed by atoms with Gasteiger partial charge in [-0.3, -0.25) is 4.57 Å². The van der Waals surface area contributed by atoms with Gasteiger partial charge < -0.3 is 15.4 Å². The standard InChI is InChI=1S/C70H81N5O/c1-65(2,3)44-28-32-57(69(13,14)15)53(37-44)55-39-47(68(10,11)12)40-56(54-38-45(66(4,5)6)29-33-58(54)70(16,17)18)63(55)74-59-26-22-35-72-64(59)73-48-23-21-24-49(42-48)76-50-30-31-52-51-25-19-20-27-60(51)75(61(52)43-50)62-41-46(34-36-71-62)67(7,8)9/h19-43,74H,1-18H3,(H,72,73). The van der Waals surface area contributed by atoms with Gasteiger partial charge in [0.15, 0.2) is 5.82 Å². The molecule has 0 amide bonds. The third-order valence-corrected chi connectivity index (χ3v) is 14.9. The van der Waals surface area contributed by atoms with Crippen LogP contribution < -0.4 is 15.4 Å². The second kappa shape index (κ2) is 19.4. The summed E-state index contributed by atoms with van der Waals surface area (Å²) < 4.78 is 9.01. The Labute approximate surface area is 454 Å². The molecule has 0 aliphatic heterocycles. The Bertz CT molecular complexity index is 3530. The Kier molecular flexibility index (Phi) is 13.7. The second-order valence-electron chi connectivity index (χ2n) is 27.2. The van der Waals surface area contributed by atoms with Crippen molar-refractivity contribution in [1.29, 1.82) is 0 Å². The Balaban J connectivity index is 1.17. The SMILES string of the molecule is CC(C)(C)c1ccnc(-n2c3ccccc3c3ccc(Oc4cccc(Nc5ncccc5Nc5c(-c6cc(C(C)(C)C)ccc6C(C)(C)C)cc(C(C)(C)C)cc5-c5cc(C(C)(C)C)ccc5C(C)(C)C)c4)cc32)c1. The molecule has 9 aromatic rings. The van der Waals surface area contributed by atoms with E-state index in [2.05, 4.69) is 255 Å². The normalized spacial score (nSPS) is 12.9. The molecular formula is C70H81N5O. The fraction of sp³-hybridized carbons (Fsp3) is 0.343. The van der Waals surface area contributed by atoms with E-state index in [1.807, 2.05) is 36.7 Å². The zero-order valence-electron chi connectivity index (χ0n) is 48.7. The summed E-state index contributed by atoms with van der Waals surface area (Å²) >= 11 is 0. The van der Waals surface area contributed by atoms with E-state index in [1.165, 1.54) is 61.0 Å². The number of para-hydroxylation sites is 1. The van der Waals surface area contributed by atoms with Crippen molar-refractivity contribution in [3.05, 3.63) is 185 Å². The van der Waals surface area contributed by atoms with Crippen molar-refractivity contribution in [3.8, 4) is 39.6 Å². The summed E-state index contributed by atoms with van der Waals surface area (Å²) in [6, 6.07) is 50.7. The zero-order chi connectivity index (χ0) is 54.9. The Hall–Kier alpha value is -7.18. The van der Waals surface area contributed by atoms with Crippen molar-refractivity contribution < 1.29 is 4.74 Å². The summed E-state index contributed by atoms with van der Waals surface area (Å²) in [5.41, 5.74) is 16.8. The summed E-state index contributed by atoms with van der Waals surface area (Å²) in [5.74, 6) is 3.02. The summed E-state index contributed by atoms with van der Waals surface area (Å²) in [5, 5.41) is 10.2. The van der Waals surface area contributed by atoms with Crippen molar-refractivity contribution in [2.24, 2.45) is 0 Å². The van der Waals surface area contributed by atoms with E-state index in [0.717, 1.165) is 45.0 Å². The van der Waals surface area contributed by atoms with Gasteiger partial charge in [-0.2, -0.15) is 0 Å². The first-order valence-corrected chi connectivity index (χ1v) is 27.2. The molecule has 76 heavy (non-hydrogen) atoms. The lowest BCUT2D eigenvalue weighted by Crippen LogP contribution is -2.18. The molecule has 0 saturated heterocycles. The van der Waals surface area contributed by atoms with Gasteiger partial charge in [-0.15, -0.1) is 0 Å². The van der Waals surface area contributed by atoms with Gasteiger partial charge in [-0.1, -0.05) is 185 Å². The van der Waals surface area contributed by atoms with Crippen LogP contribution in [0.15, 0.2) is 152 Å². The van der Waals surface area contributed by atoms with Crippen molar-refractivity contribution in [1.82, 2.24) is 14.5 Å². The van der Waals surface area contributed by atoms with Crippen LogP contribution in [0.5, 0.6) is 11.5 Å². The molecule has 0 aliphatic carbocycles. The van der Waals surface area contributed by atoms with Gasteiger partial charge in [0.25, 0.3) is 0 Å². The third-order valence-electron chi connectivity index (χ3n) is 14.9. The number of ether oxygens (including phenoxy) is 1. The number of aromatic nitrogens is 3. The smallest absolute Gasteiger partial charge is 0.154 e. The van der Waals surface area contributed by atoms with Crippen LogP contribution in [-0.4, -0.2) is 14.5 Å². The topological polar surface area (TPSA) is 64.0 Å². The van der Waals surface area contributed by atoms with E-state index in [0.29, 0.717) is 11.6 Å². The van der Waals surface area contributed by atoms with Gasteiger partial charge >= 0.3 is 0 Å². The second-order valence-corrected chi connectivity index (χ2v) is 27.2. The number of rotatable bonds is 9. The minimum absolute atomic E-state index is 0.0248. The highest BCUT2D eigenvalue weighted by Gasteiger charge is 2.31. The molecule has 3 aromatic heterocycles. The molecule has 2 N–H and O–H groups in total. The third kappa shape index (κ3) is 11.1. The zero-order valence-corrected chi connectivity index (χ0v) is 48.7. The quantitative estimate of drug-likeness (QED) is 0.151. The van der Waals surface area contributed by atoms with Crippen LogP contribution in [0.2, 0.25) is 0 Å². The highest BCUT2D eigenvalue weighted by atomic mass is 16.5. The molecule has 0 radical (unpaired) electrons. The van der Waals surface area contributed by atoms with Gasteiger partial charge in [0.05, 0.1) is 22.4 Å². The van der Waals surface area contributed by atoms with E-state index < -0.39 is 0 Å². The number of fused-ring (bicyclic) bond motifs is 3. The maximum absolute atomic E-state index is 6.76. The highest BCUT2D eigenvalue weighted by Crippen LogP contribution is 2.49. The van der Waals surface area contributed by atoms with Crippen molar-refractivity contribution in [2.75, 3.05) is 10.6 Å². The highest BCUT2D eigenvalue weighted by molar-refractivity contribution is 6.09. The molecular weight excluding hydrogens is 927 g/mol. The molecule has 6 nitrogen and oxygen atoms in total. The lowest BCUT2D eigenvalue weighted by molar-refractivity contribution is 0.483. The van der Waals surface area contributed by atoms with E-state index in [1.54, 1.807) is 0 Å². The summed E-state index contributed by atoms with van der Waals surface area (Å²) in [6.07, 6.45) is 3.77. The molecule has 0 saturated carbocycles. The first-order valence-electron chi connectivity index (χ1n) is 27.2. The van der Waals surface area contributed by atoms with E-state index in [9.17, 15) is 0 Å². The molecule has 9 rings (SSSR count). The van der Waals surface area contributed by atoms with Crippen LogP contribution in [0.1, 0.15) is 158 Å². The number of nitrogens with one attached hydrogen (secondary N) is 2. The van der Waals surface area contributed by atoms with Crippen molar-refractivity contribution in [3.63, 3.8) is 0 Å². The lowest BCUT2D eigenvalue weighted by atomic mass is 9.74. The predicted octanol–water partition coefficient (Wildman–Crippen LogP) is 20.0. The van der Waals surface area contributed by atoms with Crippen molar-refractivity contribution in [2.45, 2.75) is 157 Å². The fourth-order valence-electron chi connectivity index (χ4n) is 10.3. The fourth-order valence-corrected chi connectivity index (χ4v) is 10.3. The number of benzene rings is 6. The average Bonchev–Trinajstić information content (AvgIpc) is 3.67. The Morgan fingerprint density at radius 2 is 0.921 bits per heavy atom. The van der Waals surface area contributed by atoms with Gasteiger partial charge in [-0.05, 0) is 144 Å². The first-order chi connectivity index (χ1) is 35.4. The Morgan fingerprint density at radius 1 is 0.382 bits per heavy atom. The summed E-state index contributed by atoms with van der Waals surface area (Å²) in [6.45, 7) is 41.6. The first kappa shape index (κ1) is 53.6. The van der Waals surface area contributed by atoms with Gasteiger partial charge in [0, 0.05) is 52.1 Å². The number of nitrogens with zero attached hydrogens (tertiary/aromatic N) is 3. The van der Waals surface area contributed by atoms with Crippen LogP contribution in [0.4, 0.5) is 22.9 Å². The van der Waals surface area contributed by atoms with Crippen LogP contribution >= 0.6 is 0 Å². The van der Waals surface area contributed by atoms with Crippen molar-refractivity contribution >= 4 is 44.7 Å². The molecule has 0 spiro atoms. The Morgan fingerprint density at radius 3 is 1.50 bits per heavy atom. The monoisotopic (exact) mass is 1010 g/mol. The van der Waals surface area contributed by atoms with Crippen LogP contribution in [-0.2, 0) is 32.5 Å². The van der Waals surface area contributed by atoms with Gasteiger partial charge in [-0.25, -0.2) is 9.97 Å². The minimum atomic E-state index is -0.150. The number of anilines is 4. The molecule has 0 atom stereocenters. The van der Waals surface area contributed by atoms with Gasteiger partial charge in [0.2, 0.25) is 0 Å². The van der Waals surface area contributed by atoms with Crippen LogP contribution in [0.3, 0.4) is 0 Å². The number of hydrogen-bond donors (Lipinski definition) is 2. The number of hydrogen-bond acceptors (Lipinski definition) is 5. The molecule has 0 fully saturated rings. The molecule has 3 heterocycles. The summed E-state index contributed by atoms with van der Waals surface area (Å²) in [4.78, 5) is 9.94. The van der Waals surface area contributed by atoms with E-state index >= 15 is 0 Å². The summed E-state index contributed by atoms with van der Waals surface area (Å²) in [7, 11) is 0. The van der Waals surface area contributed by atoms with Crippen LogP contribution in [0.25, 0.3) is 49.9 Å². The van der Waals surface area contributed by atoms with E-state index in [4.69, 9.17) is 14.7 Å². The lowest BCUT2D eigenvalue weighted by Gasteiger charge is -2.32. The molecule has 392 valence electrons. The van der Waals surface area contributed by atoms with Gasteiger partial charge in [0.1, 0.15) is 17.3 Å². The molecule has 0 bridgehead atoms. The van der Waals surface area contributed by atoms with E-state index in [-0.39, 0.29) is 32.5 Å². The predicted molar refractivity (Wildman–Crippen MR) is 325 cm³/mol. The largest absolute Gasteiger partial charge is 0.457 e. The maximum Gasteiger partial charge on any atom is 0.154 e. The minimum Gasteiger partial charge on any atom is -0.457 e. The average molecular weight is 1010 g/mol. The molecule has 6 aromatic carbocycles. The molecule has 6 heteroatoms.